The van der Waals surface area contributed by atoms with Crippen molar-refractivity contribution in [1.82, 2.24) is 10.1 Å². The Morgan fingerprint density at radius 3 is 2.83 bits per heavy atom. The SMILES string of the molecule is COc1ccc(Cl)cc1NC(=O)c1cc(C)nc2onc(C)c12. The molecular formula is C16H14ClN3O3. The molecule has 1 amide bonds. The van der Waals surface area contributed by atoms with E-state index in [1.807, 2.05) is 0 Å². The van der Waals surface area contributed by atoms with Gasteiger partial charge in [0, 0.05) is 10.7 Å². The number of amides is 1. The maximum Gasteiger partial charge on any atom is 0.258 e. The lowest BCUT2D eigenvalue weighted by Crippen LogP contribution is -2.14. The van der Waals surface area contributed by atoms with E-state index in [0.29, 0.717) is 44.5 Å². The van der Waals surface area contributed by atoms with Crippen LogP contribution in [0.2, 0.25) is 5.02 Å². The highest BCUT2D eigenvalue weighted by atomic mass is 35.5. The maximum absolute atomic E-state index is 12.7. The molecule has 2 heterocycles. The molecule has 1 N–H and O–H groups in total. The van der Waals surface area contributed by atoms with Crippen molar-refractivity contribution in [3.8, 4) is 5.75 Å². The third-order valence-corrected chi connectivity index (χ3v) is 3.63. The molecule has 0 radical (unpaired) electrons. The van der Waals surface area contributed by atoms with E-state index in [1.54, 1.807) is 38.1 Å². The van der Waals surface area contributed by atoms with E-state index >= 15 is 0 Å². The van der Waals surface area contributed by atoms with Gasteiger partial charge >= 0.3 is 0 Å². The van der Waals surface area contributed by atoms with Crippen LogP contribution in [0.4, 0.5) is 5.69 Å². The van der Waals surface area contributed by atoms with Gasteiger partial charge in [-0.05, 0) is 38.1 Å². The average Bonchev–Trinajstić information content (AvgIpc) is 2.88. The molecule has 0 aliphatic carbocycles. The number of aryl methyl sites for hydroxylation is 2. The highest BCUT2D eigenvalue weighted by Crippen LogP contribution is 2.29. The topological polar surface area (TPSA) is 77.2 Å². The maximum atomic E-state index is 12.7. The summed E-state index contributed by atoms with van der Waals surface area (Å²) in [6.45, 7) is 3.55. The van der Waals surface area contributed by atoms with Crippen LogP contribution in [0.25, 0.3) is 11.1 Å². The standard InChI is InChI=1S/C16H14ClN3O3/c1-8-6-11(14-9(2)20-23-16(14)18-8)15(21)19-12-7-10(17)4-5-13(12)22-3/h4-7H,1-3H3,(H,19,21). The van der Waals surface area contributed by atoms with Gasteiger partial charge in [-0.25, -0.2) is 4.98 Å². The average molecular weight is 332 g/mol. The zero-order chi connectivity index (χ0) is 16.6. The van der Waals surface area contributed by atoms with Crippen molar-refractivity contribution in [1.29, 1.82) is 0 Å². The summed E-state index contributed by atoms with van der Waals surface area (Å²) in [7, 11) is 1.53. The van der Waals surface area contributed by atoms with Gasteiger partial charge < -0.3 is 14.6 Å². The second-order valence-corrected chi connectivity index (χ2v) is 5.49. The number of benzene rings is 1. The molecular weight excluding hydrogens is 318 g/mol. The molecule has 0 aliphatic heterocycles. The van der Waals surface area contributed by atoms with Crippen LogP contribution in [0, 0.1) is 13.8 Å². The minimum absolute atomic E-state index is 0.313. The first-order chi connectivity index (χ1) is 11.0. The number of anilines is 1. The number of carbonyl (C=O) groups is 1. The number of nitrogens with one attached hydrogen (secondary N) is 1. The number of fused-ring (bicyclic) bond motifs is 1. The van der Waals surface area contributed by atoms with Crippen molar-refractivity contribution < 1.29 is 14.1 Å². The number of hydrogen-bond acceptors (Lipinski definition) is 5. The van der Waals surface area contributed by atoms with E-state index in [2.05, 4.69) is 15.5 Å². The molecule has 0 atom stereocenters. The van der Waals surface area contributed by atoms with Crippen LogP contribution in [-0.2, 0) is 0 Å². The lowest BCUT2D eigenvalue weighted by molar-refractivity contribution is 0.102. The Hall–Kier alpha value is -2.60. The van der Waals surface area contributed by atoms with Gasteiger partial charge in [-0.15, -0.1) is 0 Å². The molecule has 3 aromatic rings. The zero-order valence-electron chi connectivity index (χ0n) is 12.8. The van der Waals surface area contributed by atoms with Crippen LogP contribution in [-0.4, -0.2) is 23.2 Å². The molecule has 0 saturated heterocycles. The molecule has 118 valence electrons. The van der Waals surface area contributed by atoms with Crippen LogP contribution in [0.1, 0.15) is 21.7 Å². The van der Waals surface area contributed by atoms with Gasteiger partial charge in [0.1, 0.15) is 5.75 Å². The first-order valence-electron chi connectivity index (χ1n) is 6.88. The Morgan fingerprint density at radius 1 is 1.30 bits per heavy atom. The monoisotopic (exact) mass is 331 g/mol. The Kier molecular flexibility index (Phi) is 3.92. The fourth-order valence-electron chi connectivity index (χ4n) is 2.36. The summed E-state index contributed by atoms with van der Waals surface area (Å²) in [5.41, 5.74) is 2.54. The van der Waals surface area contributed by atoms with Gasteiger partial charge in [0.25, 0.3) is 11.6 Å². The van der Waals surface area contributed by atoms with Crippen molar-refractivity contribution in [3.63, 3.8) is 0 Å². The molecule has 7 heteroatoms. The predicted octanol–water partition coefficient (Wildman–Crippen LogP) is 3.75. The van der Waals surface area contributed by atoms with E-state index in [9.17, 15) is 4.79 Å². The van der Waals surface area contributed by atoms with Gasteiger partial charge in [0.2, 0.25) is 0 Å². The third-order valence-electron chi connectivity index (χ3n) is 3.40. The lowest BCUT2D eigenvalue weighted by atomic mass is 10.1. The van der Waals surface area contributed by atoms with Crippen LogP contribution in [0.5, 0.6) is 5.75 Å². The minimum atomic E-state index is -0.313. The van der Waals surface area contributed by atoms with Crippen molar-refractivity contribution in [2.75, 3.05) is 12.4 Å². The molecule has 0 unspecified atom stereocenters. The number of hydrogen-bond donors (Lipinski definition) is 1. The number of methoxy groups -OCH3 is 1. The molecule has 0 bridgehead atoms. The molecule has 1 aromatic carbocycles. The lowest BCUT2D eigenvalue weighted by Gasteiger charge is -2.11. The van der Waals surface area contributed by atoms with Gasteiger partial charge in [-0.3, -0.25) is 4.79 Å². The van der Waals surface area contributed by atoms with Crippen molar-refractivity contribution in [2.45, 2.75) is 13.8 Å². The second-order valence-electron chi connectivity index (χ2n) is 5.06. The summed E-state index contributed by atoms with van der Waals surface area (Å²) < 4.78 is 10.4. The third kappa shape index (κ3) is 2.85. The van der Waals surface area contributed by atoms with Crippen LogP contribution < -0.4 is 10.1 Å². The van der Waals surface area contributed by atoms with Gasteiger partial charge in [-0.2, -0.15) is 0 Å². The van der Waals surface area contributed by atoms with Crippen LogP contribution in [0.3, 0.4) is 0 Å². The summed E-state index contributed by atoms with van der Waals surface area (Å²) in [5, 5.41) is 7.77. The van der Waals surface area contributed by atoms with Crippen LogP contribution in [0.15, 0.2) is 28.8 Å². The highest BCUT2D eigenvalue weighted by Gasteiger charge is 2.19. The highest BCUT2D eigenvalue weighted by molar-refractivity contribution is 6.31. The van der Waals surface area contributed by atoms with E-state index < -0.39 is 0 Å². The number of ether oxygens (including phenoxy) is 1. The number of carbonyl (C=O) groups excluding carboxylic acids is 1. The number of rotatable bonds is 3. The summed E-state index contributed by atoms with van der Waals surface area (Å²) in [5.74, 6) is 0.208. The largest absolute Gasteiger partial charge is 0.495 e. The molecule has 3 rings (SSSR count). The molecule has 2 aromatic heterocycles. The summed E-state index contributed by atoms with van der Waals surface area (Å²) in [4.78, 5) is 16.9. The Morgan fingerprint density at radius 2 is 2.09 bits per heavy atom. The Balaban J connectivity index is 2.05. The number of pyridine rings is 1. The van der Waals surface area contributed by atoms with Crippen LogP contribution >= 0.6 is 11.6 Å². The number of aromatic nitrogens is 2. The Bertz CT molecular complexity index is 905. The fourth-order valence-corrected chi connectivity index (χ4v) is 2.54. The fraction of sp³-hybridized carbons (Fsp3) is 0.188. The molecule has 23 heavy (non-hydrogen) atoms. The quantitative estimate of drug-likeness (QED) is 0.790. The molecule has 0 spiro atoms. The molecule has 0 fully saturated rings. The van der Waals surface area contributed by atoms with E-state index in [-0.39, 0.29) is 5.91 Å². The molecule has 6 nitrogen and oxygen atoms in total. The predicted molar refractivity (Wildman–Crippen MR) is 87.2 cm³/mol. The van der Waals surface area contributed by atoms with Crippen molar-refractivity contribution >= 4 is 34.3 Å². The van der Waals surface area contributed by atoms with E-state index in [1.165, 1.54) is 7.11 Å². The molecule has 0 saturated carbocycles. The van der Waals surface area contributed by atoms with Gasteiger partial charge in [0.05, 0.1) is 29.4 Å². The van der Waals surface area contributed by atoms with Crippen molar-refractivity contribution in [2.24, 2.45) is 0 Å². The molecule has 0 aliphatic rings. The van der Waals surface area contributed by atoms with Crippen molar-refractivity contribution in [3.05, 3.63) is 46.2 Å². The second kappa shape index (κ2) is 5.89. The first kappa shape index (κ1) is 15.3. The number of halogens is 1. The minimum Gasteiger partial charge on any atom is -0.495 e. The zero-order valence-corrected chi connectivity index (χ0v) is 13.6. The van der Waals surface area contributed by atoms with E-state index in [0.717, 1.165) is 0 Å². The number of nitrogens with zero attached hydrogens (tertiary/aromatic N) is 2. The normalized spacial score (nSPS) is 10.8. The van der Waals surface area contributed by atoms with Gasteiger partial charge in [-0.1, -0.05) is 16.8 Å². The smallest absolute Gasteiger partial charge is 0.258 e. The Labute approximate surface area is 137 Å². The first-order valence-corrected chi connectivity index (χ1v) is 7.26. The summed E-state index contributed by atoms with van der Waals surface area (Å²) in [6.07, 6.45) is 0. The van der Waals surface area contributed by atoms with E-state index in [4.69, 9.17) is 20.9 Å². The van der Waals surface area contributed by atoms with Gasteiger partial charge in [0.15, 0.2) is 0 Å². The summed E-state index contributed by atoms with van der Waals surface area (Å²) >= 11 is 5.99. The summed E-state index contributed by atoms with van der Waals surface area (Å²) in [6, 6.07) is 6.70.